The molecule has 1 fully saturated rings. The molecular formula is C9H17NO3. The fourth-order valence-corrected chi connectivity index (χ4v) is 1.68. The Morgan fingerprint density at radius 3 is 2.92 bits per heavy atom. The highest BCUT2D eigenvalue weighted by atomic mass is 16.6. The second kappa shape index (κ2) is 5.07. The first-order valence-electron chi connectivity index (χ1n) is 4.76. The lowest BCUT2D eigenvalue weighted by atomic mass is 10.1. The quantitative estimate of drug-likeness (QED) is 0.690. The number of carbonyl (C=O) groups excluding carboxylic acids is 1. The molecule has 2 unspecified atom stereocenters. The number of rotatable bonds is 3. The molecule has 0 spiro atoms. The van der Waals surface area contributed by atoms with Crippen molar-refractivity contribution in [1.82, 2.24) is 5.32 Å². The van der Waals surface area contributed by atoms with Gasteiger partial charge in [-0.1, -0.05) is 6.92 Å². The topological polar surface area (TPSA) is 58.6 Å². The average molecular weight is 187 g/mol. The SMILES string of the molecule is CC1CCC(NC(=O)OCCO)C1. The van der Waals surface area contributed by atoms with E-state index in [1.165, 1.54) is 6.42 Å². The number of hydrogen-bond acceptors (Lipinski definition) is 3. The van der Waals surface area contributed by atoms with Gasteiger partial charge in [0.05, 0.1) is 6.61 Å². The maximum atomic E-state index is 11.0. The molecule has 1 aliphatic carbocycles. The minimum atomic E-state index is -0.409. The Bertz CT molecular complexity index is 172. The maximum absolute atomic E-state index is 11.0. The number of nitrogens with one attached hydrogen (secondary N) is 1. The summed E-state index contributed by atoms with van der Waals surface area (Å²) in [4.78, 5) is 11.0. The fourth-order valence-electron chi connectivity index (χ4n) is 1.68. The zero-order valence-corrected chi connectivity index (χ0v) is 7.95. The molecule has 0 aromatic heterocycles. The summed E-state index contributed by atoms with van der Waals surface area (Å²) in [5.74, 6) is 0.697. The highest BCUT2D eigenvalue weighted by Crippen LogP contribution is 2.24. The van der Waals surface area contributed by atoms with Gasteiger partial charge in [0.2, 0.25) is 0 Å². The average Bonchev–Trinajstić information content (AvgIpc) is 2.48. The smallest absolute Gasteiger partial charge is 0.407 e. The molecular weight excluding hydrogens is 170 g/mol. The highest BCUT2D eigenvalue weighted by molar-refractivity contribution is 5.67. The van der Waals surface area contributed by atoms with Crippen molar-refractivity contribution in [2.75, 3.05) is 13.2 Å². The van der Waals surface area contributed by atoms with Crippen LogP contribution in [0, 0.1) is 5.92 Å². The van der Waals surface area contributed by atoms with Gasteiger partial charge in [0, 0.05) is 6.04 Å². The molecule has 4 nitrogen and oxygen atoms in total. The van der Waals surface area contributed by atoms with Crippen LogP contribution in [0.15, 0.2) is 0 Å². The summed E-state index contributed by atoms with van der Waals surface area (Å²) in [7, 11) is 0. The summed E-state index contributed by atoms with van der Waals surface area (Å²) in [5, 5.41) is 11.2. The molecule has 2 N–H and O–H groups in total. The van der Waals surface area contributed by atoms with Gasteiger partial charge in [-0.25, -0.2) is 4.79 Å². The molecule has 0 saturated heterocycles. The Hall–Kier alpha value is -0.770. The first-order valence-corrected chi connectivity index (χ1v) is 4.76. The lowest BCUT2D eigenvalue weighted by Gasteiger charge is -2.11. The van der Waals surface area contributed by atoms with Crippen molar-refractivity contribution in [3.8, 4) is 0 Å². The number of aliphatic hydroxyl groups excluding tert-OH is 1. The number of amides is 1. The zero-order chi connectivity index (χ0) is 9.68. The third kappa shape index (κ3) is 3.63. The zero-order valence-electron chi connectivity index (χ0n) is 7.95. The summed E-state index contributed by atoms with van der Waals surface area (Å²) in [6.45, 7) is 2.14. The maximum Gasteiger partial charge on any atom is 0.407 e. The molecule has 13 heavy (non-hydrogen) atoms. The van der Waals surface area contributed by atoms with E-state index < -0.39 is 6.09 Å². The van der Waals surface area contributed by atoms with Gasteiger partial charge in [0.1, 0.15) is 6.61 Å². The molecule has 2 atom stereocenters. The number of aliphatic hydroxyl groups is 1. The van der Waals surface area contributed by atoms with Crippen molar-refractivity contribution in [1.29, 1.82) is 0 Å². The molecule has 1 rings (SSSR count). The van der Waals surface area contributed by atoms with Crippen LogP contribution >= 0.6 is 0 Å². The van der Waals surface area contributed by atoms with Crippen molar-refractivity contribution in [3.63, 3.8) is 0 Å². The van der Waals surface area contributed by atoms with Crippen molar-refractivity contribution in [2.45, 2.75) is 32.2 Å². The molecule has 0 aromatic rings. The summed E-state index contributed by atoms with van der Waals surface area (Å²) in [5.41, 5.74) is 0. The van der Waals surface area contributed by atoms with E-state index in [0.29, 0.717) is 5.92 Å². The van der Waals surface area contributed by atoms with Gasteiger partial charge < -0.3 is 15.2 Å². The lowest BCUT2D eigenvalue weighted by Crippen LogP contribution is -2.33. The van der Waals surface area contributed by atoms with Gasteiger partial charge in [-0.05, 0) is 25.2 Å². The van der Waals surface area contributed by atoms with E-state index in [9.17, 15) is 4.79 Å². The van der Waals surface area contributed by atoms with Crippen molar-refractivity contribution >= 4 is 6.09 Å². The van der Waals surface area contributed by atoms with E-state index in [4.69, 9.17) is 5.11 Å². The van der Waals surface area contributed by atoms with Crippen molar-refractivity contribution in [2.24, 2.45) is 5.92 Å². The largest absolute Gasteiger partial charge is 0.447 e. The lowest BCUT2D eigenvalue weighted by molar-refractivity contribution is 0.116. The second-order valence-corrected chi connectivity index (χ2v) is 3.62. The van der Waals surface area contributed by atoms with Crippen LogP contribution in [-0.2, 0) is 4.74 Å². The van der Waals surface area contributed by atoms with Crippen LogP contribution in [0.1, 0.15) is 26.2 Å². The fraction of sp³-hybridized carbons (Fsp3) is 0.889. The molecule has 0 aliphatic heterocycles. The standard InChI is InChI=1S/C9H17NO3/c1-7-2-3-8(6-7)10-9(12)13-5-4-11/h7-8,11H,2-6H2,1H3,(H,10,12). The van der Waals surface area contributed by atoms with Gasteiger partial charge in [0.15, 0.2) is 0 Å². The molecule has 0 bridgehead atoms. The van der Waals surface area contributed by atoms with E-state index in [2.05, 4.69) is 17.0 Å². The van der Waals surface area contributed by atoms with Gasteiger partial charge in [-0.15, -0.1) is 0 Å². The highest BCUT2D eigenvalue weighted by Gasteiger charge is 2.22. The van der Waals surface area contributed by atoms with Crippen LogP contribution in [0.5, 0.6) is 0 Å². The van der Waals surface area contributed by atoms with Gasteiger partial charge in [0.25, 0.3) is 0 Å². The minimum Gasteiger partial charge on any atom is -0.447 e. The molecule has 0 radical (unpaired) electrons. The summed E-state index contributed by atoms with van der Waals surface area (Å²) >= 11 is 0. The Kier molecular flexibility index (Phi) is 4.02. The molecule has 4 heteroatoms. The molecule has 1 amide bonds. The van der Waals surface area contributed by atoms with Crippen LogP contribution in [0.3, 0.4) is 0 Å². The van der Waals surface area contributed by atoms with Gasteiger partial charge >= 0.3 is 6.09 Å². The number of carbonyl (C=O) groups is 1. The van der Waals surface area contributed by atoms with E-state index >= 15 is 0 Å². The second-order valence-electron chi connectivity index (χ2n) is 3.62. The van der Waals surface area contributed by atoms with Crippen molar-refractivity contribution < 1.29 is 14.6 Å². The van der Waals surface area contributed by atoms with Crippen LogP contribution in [-0.4, -0.2) is 30.5 Å². The van der Waals surface area contributed by atoms with E-state index in [0.717, 1.165) is 12.8 Å². The van der Waals surface area contributed by atoms with Crippen molar-refractivity contribution in [3.05, 3.63) is 0 Å². The first-order chi connectivity index (χ1) is 6.22. The predicted octanol–water partition coefficient (Wildman–Crippen LogP) is 0.893. The Labute approximate surface area is 78.3 Å². The van der Waals surface area contributed by atoms with Crippen LogP contribution in [0.2, 0.25) is 0 Å². The molecule has 76 valence electrons. The van der Waals surface area contributed by atoms with Gasteiger partial charge in [-0.2, -0.15) is 0 Å². The monoisotopic (exact) mass is 187 g/mol. The van der Waals surface area contributed by atoms with Crippen LogP contribution in [0.25, 0.3) is 0 Å². The Balaban J connectivity index is 2.13. The first kappa shape index (κ1) is 10.3. The molecule has 1 aliphatic rings. The van der Waals surface area contributed by atoms with E-state index in [1.807, 2.05) is 0 Å². The molecule has 1 saturated carbocycles. The van der Waals surface area contributed by atoms with E-state index in [1.54, 1.807) is 0 Å². The molecule has 0 aromatic carbocycles. The van der Waals surface area contributed by atoms with Gasteiger partial charge in [-0.3, -0.25) is 0 Å². The summed E-state index contributed by atoms with van der Waals surface area (Å²) < 4.78 is 4.69. The normalized spacial score (nSPS) is 27.2. The third-order valence-electron chi connectivity index (χ3n) is 2.34. The number of alkyl carbamates (subject to hydrolysis) is 1. The predicted molar refractivity (Wildman–Crippen MR) is 48.4 cm³/mol. The Morgan fingerprint density at radius 2 is 2.38 bits per heavy atom. The van der Waals surface area contributed by atoms with Crippen LogP contribution < -0.4 is 5.32 Å². The minimum absolute atomic E-state index is 0.0775. The summed E-state index contributed by atoms with van der Waals surface area (Å²) in [6, 6.07) is 0.265. The van der Waals surface area contributed by atoms with Crippen LogP contribution in [0.4, 0.5) is 4.79 Å². The Morgan fingerprint density at radius 1 is 1.62 bits per heavy atom. The van der Waals surface area contributed by atoms with E-state index in [-0.39, 0.29) is 19.3 Å². The summed E-state index contributed by atoms with van der Waals surface area (Å²) in [6.07, 6.45) is 2.84. The molecule has 0 heterocycles. The number of ether oxygens (including phenoxy) is 1. The number of hydrogen-bond donors (Lipinski definition) is 2. The third-order valence-corrected chi connectivity index (χ3v) is 2.34.